The number of esters is 1. The summed E-state index contributed by atoms with van der Waals surface area (Å²) >= 11 is 0. The molecule has 6 rings (SSSR count). The smallest absolute Gasteiger partial charge is 0.312 e. The molecule has 0 N–H and O–H groups in total. The Hall–Kier alpha value is -3.28. The van der Waals surface area contributed by atoms with Crippen molar-refractivity contribution in [1.29, 1.82) is 0 Å². The Balaban J connectivity index is 1.60. The van der Waals surface area contributed by atoms with Crippen molar-refractivity contribution in [3.05, 3.63) is 63.4 Å². The summed E-state index contributed by atoms with van der Waals surface area (Å²) in [6.07, 6.45) is 0.991. The van der Waals surface area contributed by atoms with E-state index in [2.05, 4.69) is 6.07 Å². The molecule has 0 saturated heterocycles. The molecule has 0 radical (unpaired) electrons. The van der Waals surface area contributed by atoms with E-state index in [1.807, 2.05) is 28.8 Å². The van der Waals surface area contributed by atoms with Crippen molar-refractivity contribution in [2.45, 2.75) is 25.3 Å². The molecule has 0 amide bonds. The molecular weight excluding hydrogens is 346 g/mol. The minimum Gasteiger partial charge on any atom is -0.454 e. The van der Waals surface area contributed by atoms with Crippen LogP contribution < -0.4 is 19.8 Å². The number of fused-ring (bicyclic) bond motifs is 2. The van der Waals surface area contributed by atoms with Crippen LogP contribution in [0.15, 0.2) is 41.2 Å². The highest BCUT2D eigenvalue weighted by Gasteiger charge is 2.34. The lowest BCUT2D eigenvalue weighted by Crippen LogP contribution is -2.29. The van der Waals surface area contributed by atoms with E-state index in [0.717, 1.165) is 22.9 Å². The molecule has 3 aromatic rings. The zero-order valence-electron chi connectivity index (χ0n) is 14.4. The van der Waals surface area contributed by atoms with Crippen LogP contribution in [0.2, 0.25) is 0 Å². The number of carbonyl (C=O) groups excluding carboxylic acids is 1. The second kappa shape index (κ2) is 5.13. The summed E-state index contributed by atoms with van der Waals surface area (Å²) in [6.45, 7) is 0.816. The highest BCUT2D eigenvalue weighted by atomic mass is 16.7. The predicted octanol–water partition coefficient (Wildman–Crippen LogP) is 2.73. The molecule has 134 valence electrons. The number of carbonyl (C=O) groups is 1. The maximum Gasteiger partial charge on any atom is 0.312 e. The Morgan fingerprint density at radius 2 is 1.81 bits per heavy atom. The van der Waals surface area contributed by atoms with Crippen molar-refractivity contribution in [3.8, 4) is 17.2 Å². The van der Waals surface area contributed by atoms with Gasteiger partial charge in [0.05, 0.1) is 11.9 Å². The molecule has 1 atom stereocenters. The summed E-state index contributed by atoms with van der Waals surface area (Å²) in [5.41, 5.74) is 3.59. The third-order valence-electron chi connectivity index (χ3n) is 5.68. The Bertz CT molecular complexity index is 1210. The lowest BCUT2D eigenvalue weighted by Gasteiger charge is -2.25. The number of pyridine rings is 1. The molecule has 0 unspecified atom stereocenters. The van der Waals surface area contributed by atoms with Crippen molar-refractivity contribution < 1.29 is 19.0 Å². The van der Waals surface area contributed by atoms with Crippen LogP contribution in [0.5, 0.6) is 17.2 Å². The number of hydrogen-bond acceptors (Lipinski definition) is 5. The zero-order valence-corrected chi connectivity index (χ0v) is 14.4. The monoisotopic (exact) mass is 361 g/mol. The second-order valence-corrected chi connectivity index (χ2v) is 7.14. The Kier molecular flexibility index (Phi) is 2.82. The molecule has 3 aliphatic heterocycles. The fraction of sp³-hybridized carbons (Fsp3) is 0.238. The molecule has 0 spiro atoms. The van der Waals surface area contributed by atoms with Gasteiger partial charge >= 0.3 is 5.97 Å². The summed E-state index contributed by atoms with van der Waals surface area (Å²) in [7, 11) is 0. The summed E-state index contributed by atoms with van der Waals surface area (Å²) in [5.74, 6) is 0.905. The van der Waals surface area contributed by atoms with Crippen LogP contribution in [-0.4, -0.2) is 17.3 Å². The highest BCUT2D eigenvalue weighted by molar-refractivity contribution is 5.85. The van der Waals surface area contributed by atoms with Gasteiger partial charge in [-0.05, 0) is 29.5 Å². The first kappa shape index (κ1) is 14.8. The fourth-order valence-electron chi connectivity index (χ4n) is 4.46. The van der Waals surface area contributed by atoms with Crippen molar-refractivity contribution in [2.75, 3.05) is 6.79 Å². The molecule has 0 aliphatic carbocycles. The van der Waals surface area contributed by atoms with E-state index in [1.165, 1.54) is 5.56 Å². The van der Waals surface area contributed by atoms with Crippen molar-refractivity contribution in [1.82, 2.24) is 4.57 Å². The van der Waals surface area contributed by atoms with E-state index in [4.69, 9.17) is 14.2 Å². The molecular formula is C21H15NO5. The largest absolute Gasteiger partial charge is 0.454 e. The van der Waals surface area contributed by atoms with Gasteiger partial charge in [-0.25, -0.2) is 0 Å². The number of ether oxygens (including phenoxy) is 3. The van der Waals surface area contributed by atoms with Crippen LogP contribution >= 0.6 is 0 Å². The normalized spacial score (nSPS) is 19.3. The molecule has 4 heterocycles. The summed E-state index contributed by atoms with van der Waals surface area (Å²) in [6, 6.07) is 11.5. The molecule has 0 fully saturated rings. The topological polar surface area (TPSA) is 66.8 Å². The number of rotatable bonds is 1. The van der Waals surface area contributed by atoms with Crippen LogP contribution in [-0.2, 0) is 17.8 Å². The first-order chi connectivity index (χ1) is 13.2. The average molecular weight is 361 g/mol. The Labute approximate surface area is 153 Å². The molecule has 1 aromatic heterocycles. The lowest BCUT2D eigenvalue weighted by atomic mass is 9.86. The number of aromatic nitrogens is 1. The van der Waals surface area contributed by atoms with Gasteiger partial charge in [0.25, 0.3) is 5.56 Å². The van der Waals surface area contributed by atoms with Crippen LogP contribution in [0.1, 0.15) is 29.0 Å². The first-order valence-corrected chi connectivity index (χ1v) is 8.98. The van der Waals surface area contributed by atoms with E-state index in [-0.39, 0.29) is 30.7 Å². The van der Waals surface area contributed by atoms with Gasteiger partial charge in [-0.3, -0.25) is 9.59 Å². The van der Waals surface area contributed by atoms with E-state index in [9.17, 15) is 9.59 Å². The van der Waals surface area contributed by atoms with Gasteiger partial charge in [0.15, 0.2) is 11.5 Å². The van der Waals surface area contributed by atoms with Gasteiger partial charge in [0.2, 0.25) is 6.79 Å². The minimum atomic E-state index is -0.361. The zero-order chi connectivity index (χ0) is 18.1. The number of aryl methyl sites for hydroxylation is 2. The summed E-state index contributed by atoms with van der Waals surface area (Å²) in [5, 5.41) is 1.03. The third-order valence-corrected chi connectivity index (χ3v) is 5.68. The molecule has 6 heteroatoms. The predicted molar refractivity (Wildman–Crippen MR) is 96.6 cm³/mol. The van der Waals surface area contributed by atoms with Crippen molar-refractivity contribution in [2.24, 2.45) is 0 Å². The molecule has 0 saturated carbocycles. The molecule has 6 nitrogen and oxygen atoms in total. The van der Waals surface area contributed by atoms with Crippen molar-refractivity contribution in [3.63, 3.8) is 0 Å². The highest BCUT2D eigenvalue weighted by Crippen LogP contribution is 2.45. The number of hydrogen-bond donors (Lipinski definition) is 0. The quantitative estimate of drug-likeness (QED) is 0.492. The van der Waals surface area contributed by atoms with Crippen LogP contribution in [0.4, 0.5) is 0 Å². The maximum absolute atomic E-state index is 13.3. The lowest BCUT2D eigenvalue weighted by molar-refractivity contribution is -0.135. The van der Waals surface area contributed by atoms with E-state index in [0.29, 0.717) is 29.4 Å². The van der Waals surface area contributed by atoms with E-state index >= 15 is 0 Å². The standard InChI is InChI=1S/C21H15NO5/c23-19-8-13(14-7-17-18(26-10-25-17)9-16(14)27-19)15-6-12-3-1-2-11-4-5-22(20(11)12)21(15)24/h1-3,6-7,9,13H,4-5,8,10H2/t13-/m0/s1. The van der Waals surface area contributed by atoms with Crippen LogP contribution in [0, 0.1) is 0 Å². The molecule has 2 aromatic carbocycles. The summed E-state index contributed by atoms with van der Waals surface area (Å²) < 4.78 is 18.1. The first-order valence-electron chi connectivity index (χ1n) is 8.98. The van der Waals surface area contributed by atoms with Crippen LogP contribution in [0.25, 0.3) is 10.9 Å². The number of benzene rings is 2. The summed E-state index contributed by atoms with van der Waals surface area (Å²) in [4.78, 5) is 25.5. The Morgan fingerprint density at radius 3 is 2.70 bits per heavy atom. The van der Waals surface area contributed by atoms with Gasteiger partial charge in [-0.1, -0.05) is 18.2 Å². The van der Waals surface area contributed by atoms with Gasteiger partial charge < -0.3 is 18.8 Å². The number of nitrogens with zero attached hydrogens (tertiary/aromatic N) is 1. The number of para-hydroxylation sites is 1. The van der Waals surface area contributed by atoms with Gasteiger partial charge in [0, 0.05) is 29.7 Å². The van der Waals surface area contributed by atoms with E-state index < -0.39 is 0 Å². The molecule has 27 heavy (non-hydrogen) atoms. The maximum atomic E-state index is 13.3. The Morgan fingerprint density at radius 1 is 0.963 bits per heavy atom. The average Bonchev–Trinajstić information content (AvgIpc) is 3.30. The SMILES string of the molecule is O=C1C[C@H](c2cc3cccc4c3n(c2=O)CC4)c2cc3c(cc2O1)OCO3. The second-order valence-electron chi connectivity index (χ2n) is 7.14. The molecule has 0 bridgehead atoms. The van der Waals surface area contributed by atoms with Gasteiger partial charge in [-0.2, -0.15) is 0 Å². The molecule has 3 aliphatic rings. The fourth-order valence-corrected chi connectivity index (χ4v) is 4.46. The van der Waals surface area contributed by atoms with Crippen molar-refractivity contribution >= 4 is 16.9 Å². The van der Waals surface area contributed by atoms with E-state index in [1.54, 1.807) is 6.07 Å². The van der Waals surface area contributed by atoms with Gasteiger partial charge in [-0.15, -0.1) is 0 Å². The minimum absolute atomic E-state index is 0.0317. The van der Waals surface area contributed by atoms with Crippen LogP contribution in [0.3, 0.4) is 0 Å². The third kappa shape index (κ3) is 2.01. The van der Waals surface area contributed by atoms with Gasteiger partial charge in [0.1, 0.15) is 5.75 Å².